The maximum Gasteiger partial charge on any atom is 0.320 e. The predicted molar refractivity (Wildman–Crippen MR) is 47.2 cm³/mol. The highest BCUT2D eigenvalue weighted by molar-refractivity contribution is 8.01. The summed E-state index contributed by atoms with van der Waals surface area (Å²) >= 11 is 17.7. The summed E-state index contributed by atoms with van der Waals surface area (Å²) in [4.78, 5) is 10.8. The fraction of sp³-hybridized carbons (Fsp3) is 0.800. The molecule has 0 aromatic carbocycles. The van der Waals surface area contributed by atoms with E-state index in [-0.39, 0.29) is 11.2 Å². The summed E-state index contributed by atoms with van der Waals surface area (Å²) in [6.45, 7) is 1.71. The zero-order chi connectivity index (χ0) is 8.65. The lowest BCUT2D eigenvalue weighted by molar-refractivity contribution is -0.141. The molecule has 0 amide bonds. The molecule has 1 saturated heterocycles. The van der Waals surface area contributed by atoms with Crippen LogP contribution in [0.25, 0.3) is 0 Å². The molecule has 1 heterocycles. The molecule has 0 N–H and O–H groups in total. The lowest BCUT2D eigenvalue weighted by Gasteiger charge is -2.16. The van der Waals surface area contributed by atoms with Crippen molar-refractivity contribution < 1.29 is 9.53 Å². The number of halogens is 3. The Hall–Kier alpha value is 0.690. The van der Waals surface area contributed by atoms with Crippen LogP contribution in [-0.4, -0.2) is 20.4 Å². The second kappa shape index (κ2) is 3.21. The average molecular weight is 236 g/mol. The summed E-state index contributed by atoms with van der Waals surface area (Å²) in [6.07, 6.45) is 0. The van der Waals surface area contributed by atoms with E-state index in [4.69, 9.17) is 39.5 Å². The van der Waals surface area contributed by atoms with E-state index in [1.807, 2.05) is 0 Å². The molecule has 2 nitrogen and oxygen atoms in total. The van der Waals surface area contributed by atoms with Crippen molar-refractivity contribution in [3.63, 3.8) is 0 Å². The van der Waals surface area contributed by atoms with Gasteiger partial charge < -0.3 is 4.74 Å². The molecule has 1 aliphatic rings. The fourth-order valence-corrected chi connectivity index (χ4v) is 2.05. The van der Waals surface area contributed by atoms with Gasteiger partial charge in [-0.05, 0) is 6.92 Å². The maximum absolute atomic E-state index is 10.8. The van der Waals surface area contributed by atoms with Crippen LogP contribution in [-0.2, 0) is 9.53 Å². The zero-order valence-corrected chi connectivity index (χ0v) is 8.60. The fourth-order valence-electron chi connectivity index (χ4n) is 0.614. The molecule has 6 heteroatoms. The number of thioether (sulfide) groups is 1. The molecule has 11 heavy (non-hydrogen) atoms. The maximum atomic E-state index is 10.8. The lowest BCUT2D eigenvalue weighted by atomic mass is 10.5. The van der Waals surface area contributed by atoms with E-state index in [0.29, 0.717) is 0 Å². The Balaban J connectivity index is 2.61. The first kappa shape index (κ1) is 9.78. The third-order valence-corrected chi connectivity index (χ3v) is 3.43. The molecule has 0 aliphatic carbocycles. The minimum Gasteiger partial charge on any atom is -0.446 e. The summed E-state index contributed by atoms with van der Waals surface area (Å²) in [6, 6.07) is 0. The third-order valence-electron chi connectivity index (χ3n) is 1.15. The highest BCUT2D eigenvalue weighted by atomic mass is 35.6. The second-order valence-corrected chi connectivity index (χ2v) is 5.87. The topological polar surface area (TPSA) is 26.3 Å². The molecule has 0 aromatic rings. The molecule has 2 atom stereocenters. The first-order valence-corrected chi connectivity index (χ1v) is 4.91. The summed E-state index contributed by atoms with van der Waals surface area (Å²) in [5.74, 6) is -0.327. The van der Waals surface area contributed by atoms with E-state index < -0.39 is 9.23 Å². The standard InChI is InChI=1S/C5H5Cl3O2S/c1-2-3(9)10-4(11-2)5(6,7)8/h2,4H,1H3/t2-,4+/m1/s1. The van der Waals surface area contributed by atoms with Crippen LogP contribution in [0.1, 0.15) is 6.92 Å². The summed E-state index contributed by atoms with van der Waals surface area (Å²) in [7, 11) is 0. The first-order chi connectivity index (χ1) is 4.91. The van der Waals surface area contributed by atoms with Crippen LogP contribution in [0.3, 0.4) is 0 Å². The molecule has 0 radical (unpaired) electrons. The van der Waals surface area contributed by atoms with Gasteiger partial charge in [-0.15, -0.1) is 0 Å². The molecule has 0 aromatic heterocycles. The molecule has 1 aliphatic heterocycles. The van der Waals surface area contributed by atoms with Crippen LogP contribution in [0.5, 0.6) is 0 Å². The Labute approximate surface area is 83.5 Å². The molecular formula is C5H5Cl3O2S. The number of rotatable bonds is 0. The van der Waals surface area contributed by atoms with Crippen LogP contribution in [0.2, 0.25) is 0 Å². The second-order valence-electron chi connectivity index (χ2n) is 2.09. The largest absolute Gasteiger partial charge is 0.446 e. The van der Waals surface area contributed by atoms with Crippen molar-refractivity contribution >= 4 is 52.5 Å². The van der Waals surface area contributed by atoms with Crippen molar-refractivity contribution in [3.8, 4) is 0 Å². The molecule has 0 unspecified atom stereocenters. The monoisotopic (exact) mass is 234 g/mol. The van der Waals surface area contributed by atoms with Crippen LogP contribution in [0.15, 0.2) is 0 Å². The van der Waals surface area contributed by atoms with Crippen LogP contribution >= 0.6 is 46.6 Å². The Morgan fingerprint density at radius 2 is 2.09 bits per heavy atom. The lowest BCUT2D eigenvalue weighted by Crippen LogP contribution is -2.22. The van der Waals surface area contributed by atoms with Gasteiger partial charge in [0.1, 0.15) is 5.25 Å². The van der Waals surface area contributed by atoms with Crippen LogP contribution in [0.4, 0.5) is 0 Å². The molecular weight excluding hydrogens is 230 g/mol. The van der Waals surface area contributed by atoms with Crippen LogP contribution < -0.4 is 0 Å². The number of cyclic esters (lactones) is 1. The van der Waals surface area contributed by atoms with Gasteiger partial charge in [-0.2, -0.15) is 0 Å². The highest BCUT2D eigenvalue weighted by Crippen LogP contribution is 2.43. The third kappa shape index (κ3) is 2.31. The first-order valence-electron chi connectivity index (χ1n) is 2.84. The summed E-state index contributed by atoms with van der Waals surface area (Å²) in [5, 5.41) is -0.240. The van der Waals surface area contributed by atoms with Gasteiger partial charge in [0.15, 0.2) is 5.44 Å². The van der Waals surface area contributed by atoms with Gasteiger partial charge in [-0.25, -0.2) is 0 Å². The van der Waals surface area contributed by atoms with Gasteiger partial charge in [0, 0.05) is 0 Å². The van der Waals surface area contributed by atoms with Gasteiger partial charge >= 0.3 is 5.97 Å². The van der Waals surface area contributed by atoms with E-state index in [2.05, 4.69) is 0 Å². The molecule has 1 rings (SSSR count). The summed E-state index contributed by atoms with van der Waals surface area (Å²) in [5.41, 5.74) is -0.671. The van der Waals surface area contributed by atoms with Crippen molar-refractivity contribution in [1.82, 2.24) is 0 Å². The quantitative estimate of drug-likeness (QED) is 0.476. The number of hydrogen-bond donors (Lipinski definition) is 0. The van der Waals surface area contributed by atoms with Gasteiger partial charge in [-0.1, -0.05) is 46.6 Å². The smallest absolute Gasteiger partial charge is 0.320 e. The minimum atomic E-state index is -1.52. The molecule has 1 fully saturated rings. The highest BCUT2D eigenvalue weighted by Gasteiger charge is 2.44. The Kier molecular flexibility index (Phi) is 2.85. The number of ether oxygens (including phenoxy) is 1. The van der Waals surface area contributed by atoms with Gasteiger partial charge in [0.05, 0.1) is 0 Å². The normalized spacial score (nSPS) is 32.2. The van der Waals surface area contributed by atoms with Crippen molar-refractivity contribution in [3.05, 3.63) is 0 Å². The van der Waals surface area contributed by atoms with E-state index in [9.17, 15) is 4.79 Å². The molecule has 0 spiro atoms. The SMILES string of the molecule is C[C@H]1S[C@@H](C(Cl)(Cl)Cl)OC1=O. The Morgan fingerprint density at radius 1 is 1.55 bits per heavy atom. The number of hydrogen-bond acceptors (Lipinski definition) is 3. The number of carbonyl (C=O) groups excluding carboxylic acids is 1. The minimum absolute atomic E-state index is 0.240. The molecule has 64 valence electrons. The van der Waals surface area contributed by atoms with E-state index in [0.717, 1.165) is 0 Å². The Morgan fingerprint density at radius 3 is 2.27 bits per heavy atom. The van der Waals surface area contributed by atoms with E-state index >= 15 is 0 Å². The Bertz CT molecular complexity index is 179. The van der Waals surface area contributed by atoms with Crippen molar-refractivity contribution in [1.29, 1.82) is 0 Å². The molecule has 0 saturated carbocycles. The number of carbonyl (C=O) groups is 1. The van der Waals surface area contributed by atoms with E-state index in [1.165, 1.54) is 11.8 Å². The number of esters is 1. The van der Waals surface area contributed by atoms with Gasteiger partial charge in [0.2, 0.25) is 3.79 Å². The van der Waals surface area contributed by atoms with Crippen molar-refractivity contribution in [2.45, 2.75) is 21.4 Å². The van der Waals surface area contributed by atoms with Crippen molar-refractivity contribution in [2.24, 2.45) is 0 Å². The van der Waals surface area contributed by atoms with E-state index in [1.54, 1.807) is 6.92 Å². The predicted octanol–water partition coefficient (Wildman–Crippen LogP) is 2.36. The average Bonchev–Trinajstić information content (AvgIpc) is 2.11. The molecule has 0 bridgehead atoms. The summed E-state index contributed by atoms with van der Waals surface area (Å²) < 4.78 is 3.24. The van der Waals surface area contributed by atoms with Crippen molar-refractivity contribution in [2.75, 3.05) is 0 Å². The zero-order valence-electron chi connectivity index (χ0n) is 5.51. The van der Waals surface area contributed by atoms with Gasteiger partial charge in [-0.3, -0.25) is 4.79 Å². The van der Waals surface area contributed by atoms with Gasteiger partial charge in [0.25, 0.3) is 0 Å². The number of alkyl halides is 3. The van der Waals surface area contributed by atoms with Crippen LogP contribution in [0, 0.1) is 0 Å².